The molecule has 3 heteroatoms. The lowest BCUT2D eigenvalue weighted by Crippen LogP contribution is -1.89. The van der Waals surface area contributed by atoms with Crippen LogP contribution >= 0.6 is 0 Å². The van der Waals surface area contributed by atoms with Crippen LogP contribution in [0, 0.1) is 0 Å². The van der Waals surface area contributed by atoms with Gasteiger partial charge in [-0.2, -0.15) is 0 Å². The molecular formula is C34H21NO2. The van der Waals surface area contributed by atoms with Crippen molar-refractivity contribution in [3.8, 4) is 11.3 Å². The normalized spacial score (nSPS) is 11.8. The predicted octanol–water partition coefficient (Wildman–Crippen LogP) is 10.0. The molecule has 0 aliphatic carbocycles. The number of hydrogen-bond donors (Lipinski definition) is 1. The summed E-state index contributed by atoms with van der Waals surface area (Å²) in [5.74, 6) is 0.871. The third-order valence-electron chi connectivity index (χ3n) is 7.23. The number of hydrogen-bond acceptors (Lipinski definition) is 3. The Kier molecular flexibility index (Phi) is 4.23. The number of fused-ring (bicyclic) bond motifs is 9. The number of furan rings is 2. The monoisotopic (exact) mass is 475 g/mol. The fourth-order valence-corrected chi connectivity index (χ4v) is 5.49. The van der Waals surface area contributed by atoms with E-state index in [1.807, 2.05) is 18.2 Å². The average molecular weight is 476 g/mol. The van der Waals surface area contributed by atoms with Crippen LogP contribution in [0.4, 0.5) is 11.4 Å². The van der Waals surface area contributed by atoms with Gasteiger partial charge >= 0.3 is 0 Å². The lowest BCUT2D eigenvalue weighted by atomic mass is 9.97. The smallest absolute Gasteiger partial charge is 0.143 e. The molecule has 0 bridgehead atoms. The highest BCUT2D eigenvalue weighted by Gasteiger charge is 2.15. The van der Waals surface area contributed by atoms with E-state index in [0.29, 0.717) is 0 Å². The van der Waals surface area contributed by atoms with Crippen molar-refractivity contribution in [2.24, 2.45) is 0 Å². The van der Waals surface area contributed by atoms with Crippen LogP contribution < -0.4 is 5.32 Å². The van der Waals surface area contributed by atoms with Crippen LogP contribution in [0.25, 0.3) is 65.8 Å². The molecule has 0 atom stereocenters. The maximum atomic E-state index is 6.51. The topological polar surface area (TPSA) is 38.3 Å². The molecule has 3 nitrogen and oxygen atoms in total. The molecule has 8 rings (SSSR count). The average Bonchev–Trinajstić information content (AvgIpc) is 3.56. The highest BCUT2D eigenvalue weighted by atomic mass is 16.3. The van der Waals surface area contributed by atoms with E-state index in [-0.39, 0.29) is 0 Å². The van der Waals surface area contributed by atoms with Gasteiger partial charge in [0.2, 0.25) is 0 Å². The molecule has 6 aromatic carbocycles. The fourth-order valence-electron chi connectivity index (χ4n) is 5.49. The van der Waals surface area contributed by atoms with E-state index >= 15 is 0 Å². The Labute approximate surface area is 212 Å². The zero-order chi connectivity index (χ0) is 24.3. The Balaban J connectivity index is 1.19. The van der Waals surface area contributed by atoms with Crippen LogP contribution in [0.1, 0.15) is 0 Å². The number of anilines is 2. The number of para-hydroxylation sites is 1. The summed E-state index contributed by atoms with van der Waals surface area (Å²) in [6.45, 7) is 0. The van der Waals surface area contributed by atoms with Crippen molar-refractivity contribution in [3.05, 3.63) is 121 Å². The molecule has 0 aliphatic heterocycles. The summed E-state index contributed by atoms with van der Waals surface area (Å²) in [4.78, 5) is 0. The van der Waals surface area contributed by atoms with Gasteiger partial charge in [-0.1, -0.05) is 66.7 Å². The molecule has 0 radical (unpaired) electrons. The molecule has 2 aromatic heterocycles. The number of rotatable bonds is 3. The first-order chi connectivity index (χ1) is 18.3. The quantitative estimate of drug-likeness (QED) is 0.258. The minimum absolute atomic E-state index is 0.871. The fraction of sp³-hybridized carbons (Fsp3) is 0. The van der Waals surface area contributed by atoms with Crippen molar-refractivity contribution in [1.29, 1.82) is 0 Å². The molecule has 0 saturated heterocycles. The van der Waals surface area contributed by atoms with Crippen LogP contribution in [-0.2, 0) is 0 Å². The van der Waals surface area contributed by atoms with Gasteiger partial charge < -0.3 is 14.2 Å². The second kappa shape index (κ2) is 7.74. The molecule has 37 heavy (non-hydrogen) atoms. The van der Waals surface area contributed by atoms with E-state index in [9.17, 15) is 0 Å². The zero-order valence-electron chi connectivity index (χ0n) is 19.9. The minimum Gasteiger partial charge on any atom is -0.456 e. The van der Waals surface area contributed by atoms with Gasteiger partial charge in [-0.05, 0) is 64.7 Å². The van der Waals surface area contributed by atoms with Crippen LogP contribution in [0.15, 0.2) is 130 Å². The van der Waals surface area contributed by atoms with E-state index < -0.39 is 0 Å². The van der Waals surface area contributed by atoms with Crippen molar-refractivity contribution < 1.29 is 8.83 Å². The van der Waals surface area contributed by atoms with Gasteiger partial charge in [-0.15, -0.1) is 0 Å². The molecule has 174 valence electrons. The SMILES string of the molecule is c1ccc2oc(-c3ccc(Nc4ccc5c(c4)oc4c6ccccc6c6ccccc6c54)cc3)cc2c1. The maximum absolute atomic E-state index is 6.51. The third kappa shape index (κ3) is 3.14. The Bertz CT molecular complexity index is 2080. The van der Waals surface area contributed by atoms with Crippen LogP contribution in [0.2, 0.25) is 0 Å². The van der Waals surface area contributed by atoms with Crippen molar-refractivity contribution in [2.75, 3.05) is 5.32 Å². The van der Waals surface area contributed by atoms with Crippen LogP contribution in [0.5, 0.6) is 0 Å². The highest BCUT2D eigenvalue weighted by Crippen LogP contribution is 2.41. The maximum Gasteiger partial charge on any atom is 0.143 e. The molecule has 2 heterocycles. The van der Waals surface area contributed by atoms with Gasteiger partial charge in [0.25, 0.3) is 0 Å². The zero-order valence-corrected chi connectivity index (χ0v) is 19.9. The lowest BCUT2D eigenvalue weighted by molar-refractivity contribution is 0.631. The van der Waals surface area contributed by atoms with Crippen molar-refractivity contribution in [3.63, 3.8) is 0 Å². The van der Waals surface area contributed by atoms with E-state index in [1.165, 1.54) is 21.5 Å². The van der Waals surface area contributed by atoms with Gasteiger partial charge in [0.05, 0.1) is 0 Å². The summed E-state index contributed by atoms with van der Waals surface area (Å²) in [6, 6.07) is 41.9. The van der Waals surface area contributed by atoms with Gasteiger partial charge in [0.1, 0.15) is 22.5 Å². The summed E-state index contributed by atoms with van der Waals surface area (Å²) in [7, 11) is 0. The minimum atomic E-state index is 0.871. The summed E-state index contributed by atoms with van der Waals surface area (Å²) < 4.78 is 12.5. The van der Waals surface area contributed by atoms with E-state index in [4.69, 9.17) is 8.83 Å². The number of benzene rings is 6. The second-order valence-electron chi connectivity index (χ2n) is 9.46. The molecule has 0 aliphatic rings. The van der Waals surface area contributed by atoms with Crippen molar-refractivity contribution in [2.45, 2.75) is 0 Å². The lowest BCUT2D eigenvalue weighted by Gasteiger charge is -2.07. The molecule has 0 unspecified atom stereocenters. The van der Waals surface area contributed by atoms with E-state index in [1.54, 1.807) is 0 Å². The molecule has 0 fully saturated rings. The first-order valence-electron chi connectivity index (χ1n) is 12.4. The summed E-state index contributed by atoms with van der Waals surface area (Å²) >= 11 is 0. The van der Waals surface area contributed by atoms with Crippen LogP contribution in [0.3, 0.4) is 0 Å². The second-order valence-corrected chi connectivity index (χ2v) is 9.46. The highest BCUT2D eigenvalue weighted by molar-refractivity contribution is 6.30. The van der Waals surface area contributed by atoms with Gasteiger partial charge in [0.15, 0.2) is 0 Å². The molecule has 0 saturated carbocycles. The van der Waals surface area contributed by atoms with Crippen molar-refractivity contribution in [1.82, 2.24) is 0 Å². The standard InChI is InChI=1S/C34H21NO2/c1-6-12-30-22(7-1)19-31(36-30)21-13-15-23(16-14-21)35-24-17-18-29-32(20-24)37-34-28-11-5-3-9-26(28)25-8-2-4-10-27(25)33(29)34/h1-20,35H. The Morgan fingerprint density at radius 1 is 0.459 bits per heavy atom. The summed E-state index contributed by atoms with van der Waals surface area (Å²) in [5.41, 5.74) is 5.76. The predicted molar refractivity (Wildman–Crippen MR) is 154 cm³/mol. The summed E-state index contributed by atoms with van der Waals surface area (Å²) in [5, 5.41) is 11.8. The van der Waals surface area contributed by atoms with Crippen molar-refractivity contribution >= 4 is 65.8 Å². The Morgan fingerprint density at radius 2 is 1.14 bits per heavy atom. The first kappa shape index (κ1) is 20.2. The Morgan fingerprint density at radius 3 is 1.95 bits per heavy atom. The van der Waals surface area contributed by atoms with E-state index in [0.717, 1.165) is 55.6 Å². The largest absolute Gasteiger partial charge is 0.456 e. The third-order valence-corrected chi connectivity index (χ3v) is 7.23. The molecular weight excluding hydrogens is 454 g/mol. The van der Waals surface area contributed by atoms with Crippen LogP contribution in [-0.4, -0.2) is 0 Å². The summed E-state index contributed by atoms with van der Waals surface area (Å²) in [6.07, 6.45) is 0. The van der Waals surface area contributed by atoms with E-state index in [2.05, 4.69) is 108 Å². The van der Waals surface area contributed by atoms with Gasteiger partial charge in [0, 0.05) is 44.5 Å². The molecule has 0 spiro atoms. The number of nitrogens with one attached hydrogen (secondary N) is 1. The van der Waals surface area contributed by atoms with Gasteiger partial charge in [-0.25, -0.2) is 0 Å². The molecule has 8 aromatic rings. The molecule has 1 N–H and O–H groups in total. The molecule has 0 amide bonds. The van der Waals surface area contributed by atoms with Gasteiger partial charge in [-0.3, -0.25) is 0 Å². The first-order valence-corrected chi connectivity index (χ1v) is 12.4. The Hall–Kier alpha value is -5.02.